The Kier molecular flexibility index (Phi) is 5.76. The van der Waals surface area contributed by atoms with Gasteiger partial charge in [0, 0.05) is 19.5 Å². The summed E-state index contributed by atoms with van der Waals surface area (Å²) in [5.41, 5.74) is 1.95. The Morgan fingerprint density at radius 3 is 2.15 bits per heavy atom. The molecule has 1 nitrogen and oxygen atoms in total. The van der Waals surface area contributed by atoms with Crippen molar-refractivity contribution in [3.63, 3.8) is 0 Å². The summed E-state index contributed by atoms with van der Waals surface area (Å²) >= 11 is 22.0. The van der Waals surface area contributed by atoms with Gasteiger partial charge in [0.05, 0.1) is 6.04 Å². The number of nitrogens with one attached hydrogen (secondary N) is 1. The lowest BCUT2D eigenvalue weighted by Crippen LogP contribution is -2.22. The zero-order chi connectivity index (χ0) is 14.7. The van der Waals surface area contributed by atoms with Crippen molar-refractivity contribution < 1.29 is 0 Å². The summed E-state index contributed by atoms with van der Waals surface area (Å²) in [6, 6.07) is 11.3. The van der Waals surface area contributed by atoms with Crippen LogP contribution >= 0.6 is 50.7 Å². The molecule has 0 fully saturated rings. The van der Waals surface area contributed by atoms with Gasteiger partial charge in [-0.15, -0.1) is 0 Å². The Hall–Kier alpha value is -0.250. The maximum Gasteiger partial charge on any atom is 0.0606 e. The molecule has 0 aliphatic rings. The third-order valence-electron chi connectivity index (χ3n) is 2.96. The molecule has 2 aromatic rings. The Bertz CT molecular complexity index is 565. The minimum Gasteiger partial charge on any atom is -0.306 e. The van der Waals surface area contributed by atoms with Crippen molar-refractivity contribution in [3.05, 3.63) is 67.1 Å². The first-order chi connectivity index (χ1) is 9.52. The van der Waals surface area contributed by atoms with E-state index in [-0.39, 0.29) is 6.04 Å². The molecule has 2 rings (SSSR count). The molecule has 0 radical (unpaired) electrons. The van der Waals surface area contributed by atoms with E-state index in [1.165, 1.54) is 0 Å². The number of hydrogen-bond donors (Lipinski definition) is 1. The lowest BCUT2D eigenvalue weighted by Gasteiger charge is -2.21. The fourth-order valence-corrected chi connectivity index (χ4v) is 3.36. The molecule has 0 aromatic heterocycles. The van der Waals surface area contributed by atoms with Crippen molar-refractivity contribution in [1.29, 1.82) is 0 Å². The maximum absolute atomic E-state index is 6.35. The summed E-state index contributed by atoms with van der Waals surface area (Å²) in [6.07, 6.45) is 0. The number of halogens is 4. The zero-order valence-electron chi connectivity index (χ0n) is 10.8. The van der Waals surface area contributed by atoms with Gasteiger partial charge in [-0.1, -0.05) is 69.8 Å². The molecule has 5 heteroatoms. The topological polar surface area (TPSA) is 12.0 Å². The van der Waals surface area contributed by atoms with Crippen molar-refractivity contribution in [3.8, 4) is 0 Å². The van der Waals surface area contributed by atoms with E-state index >= 15 is 0 Å². The highest BCUT2D eigenvalue weighted by atomic mass is 79.9. The number of hydrogen-bond acceptors (Lipinski definition) is 1. The second kappa shape index (κ2) is 7.15. The van der Waals surface area contributed by atoms with Crippen molar-refractivity contribution in [1.82, 2.24) is 5.32 Å². The quantitative estimate of drug-likeness (QED) is 0.661. The minimum atomic E-state index is -0.0645. The van der Waals surface area contributed by atoms with Crippen molar-refractivity contribution in [2.45, 2.75) is 13.0 Å². The Balaban J connectivity index is 2.50. The van der Waals surface area contributed by atoms with E-state index in [2.05, 4.69) is 21.2 Å². The average Bonchev–Trinajstić information content (AvgIpc) is 2.37. The van der Waals surface area contributed by atoms with Gasteiger partial charge in [-0.25, -0.2) is 0 Å². The highest BCUT2D eigenvalue weighted by molar-refractivity contribution is 9.10. The maximum atomic E-state index is 6.35. The number of benzene rings is 2. The van der Waals surface area contributed by atoms with Crippen LogP contribution < -0.4 is 5.32 Å². The average molecular weight is 394 g/mol. The molecular formula is C15H13BrCl3N. The van der Waals surface area contributed by atoms with Crippen LogP contribution in [-0.2, 0) is 0 Å². The molecule has 0 saturated heterocycles. The first-order valence-electron chi connectivity index (χ1n) is 6.16. The first kappa shape index (κ1) is 16.1. The van der Waals surface area contributed by atoms with E-state index in [0.29, 0.717) is 15.1 Å². The van der Waals surface area contributed by atoms with Gasteiger partial charge in [-0.05, 0) is 41.9 Å². The molecule has 0 aliphatic heterocycles. The third-order valence-corrected chi connectivity index (χ3v) is 4.34. The van der Waals surface area contributed by atoms with Crippen LogP contribution in [0.4, 0.5) is 0 Å². The number of rotatable bonds is 4. The molecule has 20 heavy (non-hydrogen) atoms. The fraction of sp³-hybridized carbons (Fsp3) is 0.200. The van der Waals surface area contributed by atoms with Crippen molar-refractivity contribution in [2.75, 3.05) is 6.54 Å². The second-order valence-electron chi connectivity index (χ2n) is 4.32. The zero-order valence-corrected chi connectivity index (χ0v) is 14.6. The lowest BCUT2D eigenvalue weighted by molar-refractivity contribution is 0.631. The molecule has 1 unspecified atom stereocenters. The SMILES string of the molecule is CCNC(c1ccc(Cl)cc1Cl)c1ccc(Br)cc1Cl. The molecule has 0 aliphatic carbocycles. The highest BCUT2D eigenvalue weighted by Gasteiger charge is 2.19. The largest absolute Gasteiger partial charge is 0.306 e. The molecule has 0 bridgehead atoms. The van der Waals surface area contributed by atoms with E-state index in [9.17, 15) is 0 Å². The third kappa shape index (κ3) is 3.69. The van der Waals surface area contributed by atoms with Crippen LogP contribution in [0.15, 0.2) is 40.9 Å². The van der Waals surface area contributed by atoms with Crippen molar-refractivity contribution >= 4 is 50.7 Å². The van der Waals surface area contributed by atoms with Crippen LogP contribution in [0.3, 0.4) is 0 Å². The molecule has 0 heterocycles. The van der Waals surface area contributed by atoms with Gasteiger partial charge in [0.15, 0.2) is 0 Å². The summed E-state index contributed by atoms with van der Waals surface area (Å²) in [4.78, 5) is 0. The van der Waals surface area contributed by atoms with E-state index in [1.54, 1.807) is 6.07 Å². The van der Waals surface area contributed by atoms with Crippen LogP contribution in [0.1, 0.15) is 24.1 Å². The summed E-state index contributed by atoms with van der Waals surface area (Å²) in [5, 5.41) is 5.35. The summed E-state index contributed by atoms with van der Waals surface area (Å²) in [7, 11) is 0. The highest BCUT2D eigenvalue weighted by Crippen LogP contribution is 2.34. The van der Waals surface area contributed by atoms with Crippen LogP contribution in [-0.4, -0.2) is 6.54 Å². The Morgan fingerprint density at radius 2 is 1.60 bits per heavy atom. The normalized spacial score (nSPS) is 12.4. The predicted molar refractivity (Wildman–Crippen MR) is 91.1 cm³/mol. The van der Waals surface area contributed by atoms with Crippen LogP contribution in [0.25, 0.3) is 0 Å². The van der Waals surface area contributed by atoms with E-state index < -0.39 is 0 Å². The Labute approximate surface area is 142 Å². The van der Waals surface area contributed by atoms with Gasteiger partial charge in [-0.3, -0.25) is 0 Å². The van der Waals surface area contributed by atoms with Crippen LogP contribution in [0.2, 0.25) is 15.1 Å². The van der Waals surface area contributed by atoms with Crippen molar-refractivity contribution in [2.24, 2.45) is 0 Å². The molecule has 0 spiro atoms. The van der Waals surface area contributed by atoms with Gasteiger partial charge in [-0.2, -0.15) is 0 Å². The minimum absolute atomic E-state index is 0.0645. The van der Waals surface area contributed by atoms with Gasteiger partial charge in [0.25, 0.3) is 0 Å². The fourth-order valence-electron chi connectivity index (χ4n) is 2.06. The molecule has 2 aromatic carbocycles. The van der Waals surface area contributed by atoms with Gasteiger partial charge in [0.2, 0.25) is 0 Å². The Morgan fingerprint density at radius 1 is 1.00 bits per heavy atom. The first-order valence-corrected chi connectivity index (χ1v) is 8.09. The molecule has 1 N–H and O–H groups in total. The molecule has 106 valence electrons. The van der Waals surface area contributed by atoms with Crippen LogP contribution in [0, 0.1) is 0 Å². The van der Waals surface area contributed by atoms with Gasteiger partial charge >= 0.3 is 0 Å². The van der Waals surface area contributed by atoms with E-state index in [4.69, 9.17) is 34.8 Å². The smallest absolute Gasteiger partial charge is 0.0606 e. The monoisotopic (exact) mass is 391 g/mol. The molecule has 1 atom stereocenters. The van der Waals surface area contributed by atoms with Gasteiger partial charge in [0.1, 0.15) is 0 Å². The molecule has 0 saturated carbocycles. The molecular weight excluding hydrogens is 380 g/mol. The van der Waals surface area contributed by atoms with Gasteiger partial charge < -0.3 is 5.32 Å². The van der Waals surface area contributed by atoms with Crippen LogP contribution in [0.5, 0.6) is 0 Å². The summed E-state index contributed by atoms with van der Waals surface area (Å²) < 4.78 is 0.948. The lowest BCUT2D eigenvalue weighted by atomic mass is 9.98. The van der Waals surface area contributed by atoms with E-state index in [1.807, 2.05) is 37.3 Å². The second-order valence-corrected chi connectivity index (χ2v) is 6.49. The predicted octanol–water partition coefficient (Wildman–Crippen LogP) is 6.11. The summed E-state index contributed by atoms with van der Waals surface area (Å²) in [6.45, 7) is 2.85. The molecule has 0 amide bonds. The standard InChI is InChI=1S/C15H13BrCl3N/c1-2-20-15(11-5-3-9(16)7-13(11)18)12-6-4-10(17)8-14(12)19/h3-8,15,20H,2H2,1H3. The van der Waals surface area contributed by atoms with E-state index in [0.717, 1.165) is 22.1 Å². The summed E-state index contributed by atoms with van der Waals surface area (Å²) in [5.74, 6) is 0.